The standard InChI is InChI=1S/C42H24N6O2S/c49-41-46-39(27-15-8-3-9-16-27)47-42-48(41)32-21-19-29(24-35(32)51-42)28-20-22-33-31(23-28)36-30(17-10-18-34(36)50-33)40-44-37(25-11-4-1-5-12-25)43-38(45-40)26-13-6-2-7-14-26/h1-24H. The fourth-order valence-corrected chi connectivity index (χ4v) is 7.61. The van der Waals surface area contributed by atoms with Gasteiger partial charge in [0.25, 0.3) is 0 Å². The normalized spacial score (nSPS) is 11.6. The second-order valence-corrected chi connectivity index (χ2v) is 13.1. The number of thiazole rings is 1. The highest BCUT2D eigenvalue weighted by molar-refractivity contribution is 7.23. The van der Waals surface area contributed by atoms with E-state index < -0.39 is 0 Å². The molecule has 9 heteroatoms. The van der Waals surface area contributed by atoms with Gasteiger partial charge in [-0.15, -0.1) is 0 Å². The molecule has 0 N–H and O–H groups in total. The number of nitrogens with zero attached hydrogens (tertiary/aromatic N) is 6. The zero-order chi connectivity index (χ0) is 33.9. The summed E-state index contributed by atoms with van der Waals surface area (Å²) in [6.07, 6.45) is 0. The highest BCUT2D eigenvalue weighted by atomic mass is 32.1. The summed E-state index contributed by atoms with van der Waals surface area (Å²) in [4.78, 5) is 37.7. The summed E-state index contributed by atoms with van der Waals surface area (Å²) in [6, 6.07) is 47.8. The summed E-state index contributed by atoms with van der Waals surface area (Å²) in [5.74, 6) is 2.18. The molecule has 0 aliphatic heterocycles. The molecule has 8 nitrogen and oxygen atoms in total. The predicted molar refractivity (Wildman–Crippen MR) is 202 cm³/mol. The third kappa shape index (κ3) is 4.98. The molecule has 0 fully saturated rings. The maximum atomic E-state index is 13.2. The number of benzene rings is 6. The molecule has 10 rings (SSSR count). The first-order valence-corrected chi connectivity index (χ1v) is 17.2. The lowest BCUT2D eigenvalue weighted by atomic mass is 10.0. The first-order chi connectivity index (χ1) is 25.2. The minimum absolute atomic E-state index is 0.346. The lowest BCUT2D eigenvalue weighted by Crippen LogP contribution is -2.17. The van der Waals surface area contributed by atoms with Crippen molar-refractivity contribution in [1.82, 2.24) is 29.3 Å². The number of fused-ring (bicyclic) bond motifs is 6. The van der Waals surface area contributed by atoms with Crippen molar-refractivity contribution in [2.45, 2.75) is 0 Å². The lowest BCUT2D eigenvalue weighted by Gasteiger charge is -2.09. The van der Waals surface area contributed by atoms with Gasteiger partial charge >= 0.3 is 5.69 Å². The van der Waals surface area contributed by atoms with E-state index in [2.05, 4.69) is 23.2 Å². The molecule has 6 aromatic carbocycles. The zero-order valence-corrected chi connectivity index (χ0v) is 27.6. The maximum absolute atomic E-state index is 13.2. The van der Waals surface area contributed by atoms with Gasteiger partial charge in [-0.1, -0.05) is 127 Å². The number of rotatable bonds is 5. The number of aromatic nitrogens is 6. The fourth-order valence-electron chi connectivity index (χ4n) is 6.56. The third-order valence-electron chi connectivity index (χ3n) is 8.99. The van der Waals surface area contributed by atoms with Gasteiger partial charge in [0.2, 0.25) is 4.96 Å². The minimum Gasteiger partial charge on any atom is -0.456 e. The molecule has 0 saturated carbocycles. The highest BCUT2D eigenvalue weighted by Gasteiger charge is 2.19. The van der Waals surface area contributed by atoms with E-state index in [-0.39, 0.29) is 5.69 Å². The number of furan rings is 1. The Kier molecular flexibility index (Phi) is 6.65. The van der Waals surface area contributed by atoms with Gasteiger partial charge in [-0.05, 0) is 41.5 Å². The van der Waals surface area contributed by atoms with Gasteiger partial charge in [0.1, 0.15) is 11.2 Å². The van der Waals surface area contributed by atoms with Crippen molar-refractivity contribution in [1.29, 1.82) is 0 Å². The van der Waals surface area contributed by atoms with Crippen LogP contribution in [0.25, 0.3) is 93.8 Å². The molecule has 4 aromatic heterocycles. The molecule has 10 aromatic rings. The van der Waals surface area contributed by atoms with E-state index in [1.807, 2.05) is 127 Å². The van der Waals surface area contributed by atoms with Crippen LogP contribution in [0.4, 0.5) is 0 Å². The van der Waals surface area contributed by atoms with Crippen molar-refractivity contribution in [3.05, 3.63) is 156 Å². The Morgan fingerprint density at radius 3 is 1.75 bits per heavy atom. The van der Waals surface area contributed by atoms with E-state index in [1.165, 1.54) is 11.3 Å². The van der Waals surface area contributed by atoms with E-state index in [4.69, 9.17) is 24.4 Å². The zero-order valence-electron chi connectivity index (χ0n) is 26.8. The molecule has 0 aliphatic carbocycles. The Hall–Kier alpha value is -6.84. The van der Waals surface area contributed by atoms with Gasteiger partial charge in [-0.25, -0.2) is 24.1 Å². The second kappa shape index (κ2) is 11.6. The topological polar surface area (TPSA) is 99.1 Å². The van der Waals surface area contributed by atoms with Crippen LogP contribution in [0.1, 0.15) is 0 Å². The molecule has 51 heavy (non-hydrogen) atoms. The second-order valence-electron chi connectivity index (χ2n) is 12.1. The largest absolute Gasteiger partial charge is 0.456 e. The van der Waals surface area contributed by atoms with E-state index in [0.717, 1.165) is 65.5 Å². The van der Waals surface area contributed by atoms with Crippen LogP contribution in [0, 0.1) is 0 Å². The van der Waals surface area contributed by atoms with Crippen LogP contribution in [0.5, 0.6) is 0 Å². The van der Waals surface area contributed by atoms with Crippen molar-refractivity contribution in [2.24, 2.45) is 0 Å². The molecule has 0 atom stereocenters. The van der Waals surface area contributed by atoms with Crippen LogP contribution in [-0.2, 0) is 0 Å². The van der Waals surface area contributed by atoms with Gasteiger partial charge in [0, 0.05) is 33.0 Å². The van der Waals surface area contributed by atoms with E-state index in [0.29, 0.717) is 28.3 Å². The van der Waals surface area contributed by atoms with Crippen LogP contribution in [-0.4, -0.2) is 29.3 Å². The van der Waals surface area contributed by atoms with Gasteiger partial charge in [0.05, 0.1) is 10.2 Å². The van der Waals surface area contributed by atoms with Gasteiger partial charge < -0.3 is 4.42 Å². The van der Waals surface area contributed by atoms with Crippen molar-refractivity contribution in [2.75, 3.05) is 0 Å². The molecule has 240 valence electrons. The lowest BCUT2D eigenvalue weighted by molar-refractivity contribution is 0.669. The molecule has 0 saturated heterocycles. The van der Waals surface area contributed by atoms with Crippen molar-refractivity contribution >= 4 is 48.5 Å². The van der Waals surface area contributed by atoms with Crippen LogP contribution >= 0.6 is 11.3 Å². The molecular weight excluding hydrogens is 653 g/mol. The molecule has 0 unspecified atom stereocenters. The summed E-state index contributed by atoms with van der Waals surface area (Å²) in [6.45, 7) is 0. The highest BCUT2D eigenvalue weighted by Crippen LogP contribution is 2.39. The molecule has 0 radical (unpaired) electrons. The monoisotopic (exact) mass is 676 g/mol. The predicted octanol–water partition coefficient (Wildman–Crippen LogP) is 9.72. The molecule has 0 spiro atoms. The Bertz CT molecular complexity index is 2930. The summed E-state index contributed by atoms with van der Waals surface area (Å²) in [5.41, 5.74) is 7.43. The Morgan fingerprint density at radius 1 is 0.490 bits per heavy atom. The Labute approximate surface area is 294 Å². The van der Waals surface area contributed by atoms with Crippen molar-refractivity contribution < 1.29 is 4.42 Å². The number of hydrogen-bond acceptors (Lipinski definition) is 8. The summed E-state index contributed by atoms with van der Waals surface area (Å²) in [7, 11) is 0. The Balaban J connectivity index is 1.12. The van der Waals surface area contributed by atoms with Crippen LogP contribution in [0.2, 0.25) is 0 Å². The molecule has 4 heterocycles. The van der Waals surface area contributed by atoms with Crippen LogP contribution in [0.15, 0.2) is 155 Å². The molecule has 0 bridgehead atoms. The van der Waals surface area contributed by atoms with Crippen LogP contribution < -0.4 is 5.69 Å². The molecule has 0 aliphatic rings. The molecule has 0 amide bonds. The summed E-state index contributed by atoms with van der Waals surface area (Å²) in [5, 5.41) is 1.88. The van der Waals surface area contributed by atoms with Crippen molar-refractivity contribution in [3.63, 3.8) is 0 Å². The Morgan fingerprint density at radius 2 is 1.08 bits per heavy atom. The third-order valence-corrected chi connectivity index (χ3v) is 9.99. The smallest absolute Gasteiger partial charge is 0.356 e. The van der Waals surface area contributed by atoms with E-state index >= 15 is 0 Å². The summed E-state index contributed by atoms with van der Waals surface area (Å²) < 4.78 is 8.90. The number of hydrogen-bond donors (Lipinski definition) is 0. The SMILES string of the molecule is O=c1nc(-c2ccccc2)nc2sc3cc(-c4ccc5oc6cccc(-c7nc(-c8ccccc8)nc(-c8ccccc8)n7)c6c5c4)ccc3n12. The van der Waals surface area contributed by atoms with Gasteiger partial charge in [-0.3, -0.25) is 0 Å². The first kappa shape index (κ1) is 29.1. The quantitative estimate of drug-likeness (QED) is 0.179. The van der Waals surface area contributed by atoms with E-state index in [9.17, 15) is 4.79 Å². The average molecular weight is 677 g/mol. The first-order valence-electron chi connectivity index (χ1n) is 16.4. The minimum atomic E-state index is -0.346. The maximum Gasteiger partial charge on any atom is 0.356 e. The molecular formula is C42H24N6O2S. The van der Waals surface area contributed by atoms with Crippen LogP contribution in [0.3, 0.4) is 0 Å². The fraction of sp³-hybridized carbons (Fsp3) is 0. The average Bonchev–Trinajstić information content (AvgIpc) is 3.76. The van der Waals surface area contributed by atoms with Gasteiger partial charge in [0.15, 0.2) is 23.3 Å². The van der Waals surface area contributed by atoms with Gasteiger partial charge in [-0.2, -0.15) is 9.97 Å². The van der Waals surface area contributed by atoms with E-state index in [1.54, 1.807) is 4.40 Å². The summed E-state index contributed by atoms with van der Waals surface area (Å²) >= 11 is 1.47. The van der Waals surface area contributed by atoms with Crippen molar-refractivity contribution in [3.8, 4) is 56.7 Å².